The molecule has 0 radical (unpaired) electrons. The highest BCUT2D eigenvalue weighted by Gasteiger charge is 2.11. The number of nitrogens with two attached hydrogens (primary N) is 1. The lowest BCUT2D eigenvalue weighted by Crippen LogP contribution is -2.02. The Hall–Kier alpha value is -1.71. The van der Waals surface area contributed by atoms with Crippen molar-refractivity contribution in [3.05, 3.63) is 18.2 Å². The molecule has 18 heavy (non-hydrogen) atoms. The lowest BCUT2D eigenvalue weighted by Gasteiger charge is -2.07. The molecule has 0 aliphatic rings. The van der Waals surface area contributed by atoms with Gasteiger partial charge in [-0.25, -0.2) is 4.98 Å². The zero-order valence-corrected chi connectivity index (χ0v) is 11.1. The maximum absolute atomic E-state index is 5.99. The average Bonchev–Trinajstić information content (AvgIpc) is 2.70. The summed E-state index contributed by atoms with van der Waals surface area (Å²) in [7, 11) is 0. The highest BCUT2D eigenvalue weighted by atomic mass is 16.5. The molecule has 2 aromatic rings. The standard InChI is InChI=1S/C14H21N3O/c1-3-5-9-17-11-7-6-8-12(18-10-4-2)13(11)16-14(17)15/h6-8H,3-5,9-10H2,1-2H3,(H2,15,16). The van der Waals surface area contributed by atoms with Crippen LogP contribution in [0.4, 0.5) is 5.95 Å². The Morgan fingerprint density at radius 1 is 1.28 bits per heavy atom. The third-order valence-corrected chi connectivity index (χ3v) is 2.97. The highest BCUT2D eigenvalue weighted by Crippen LogP contribution is 2.27. The van der Waals surface area contributed by atoms with Crippen LogP contribution >= 0.6 is 0 Å². The topological polar surface area (TPSA) is 53.1 Å². The van der Waals surface area contributed by atoms with E-state index in [1.165, 1.54) is 0 Å². The largest absolute Gasteiger partial charge is 0.491 e. The zero-order valence-electron chi connectivity index (χ0n) is 11.1. The number of benzene rings is 1. The van der Waals surface area contributed by atoms with E-state index in [1.54, 1.807) is 0 Å². The minimum absolute atomic E-state index is 0.575. The fraction of sp³-hybridized carbons (Fsp3) is 0.500. The van der Waals surface area contributed by atoms with E-state index < -0.39 is 0 Å². The van der Waals surface area contributed by atoms with E-state index in [9.17, 15) is 0 Å². The first-order valence-corrected chi connectivity index (χ1v) is 6.65. The molecule has 98 valence electrons. The molecular weight excluding hydrogens is 226 g/mol. The molecular formula is C14H21N3O. The Bertz CT molecular complexity index is 519. The molecule has 1 aromatic heterocycles. The van der Waals surface area contributed by atoms with E-state index in [1.807, 2.05) is 18.2 Å². The summed E-state index contributed by atoms with van der Waals surface area (Å²) in [6, 6.07) is 6.00. The van der Waals surface area contributed by atoms with Gasteiger partial charge in [-0.2, -0.15) is 0 Å². The third-order valence-electron chi connectivity index (χ3n) is 2.97. The first kappa shape index (κ1) is 12.7. The molecule has 0 spiro atoms. The maximum Gasteiger partial charge on any atom is 0.201 e. The molecule has 1 heterocycles. The number of nitrogens with zero attached hydrogens (tertiary/aromatic N) is 2. The van der Waals surface area contributed by atoms with Crippen molar-refractivity contribution < 1.29 is 4.74 Å². The van der Waals surface area contributed by atoms with E-state index in [0.717, 1.165) is 42.6 Å². The number of aryl methyl sites for hydroxylation is 1. The van der Waals surface area contributed by atoms with Gasteiger partial charge in [0.15, 0.2) is 0 Å². The number of anilines is 1. The summed E-state index contributed by atoms with van der Waals surface area (Å²) < 4.78 is 7.78. The predicted octanol–water partition coefficient (Wildman–Crippen LogP) is 3.21. The van der Waals surface area contributed by atoms with E-state index in [4.69, 9.17) is 10.5 Å². The van der Waals surface area contributed by atoms with Crippen LogP contribution in [0.15, 0.2) is 18.2 Å². The second-order valence-corrected chi connectivity index (χ2v) is 4.45. The fourth-order valence-electron chi connectivity index (χ4n) is 2.02. The summed E-state index contributed by atoms with van der Waals surface area (Å²) in [5.74, 6) is 1.40. The van der Waals surface area contributed by atoms with Crippen LogP contribution in [-0.4, -0.2) is 16.2 Å². The van der Waals surface area contributed by atoms with Crippen LogP contribution in [0.2, 0.25) is 0 Å². The minimum Gasteiger partial charge on any atom is -0.491 e. The molecule has 0 atom stereocenters. The maximum atomic E-state index is 5.99. The van der Waals surface area contributed by atoms with Gasteiger partial charge in [-0.3, -0.25) is 0 Å². The number of imidazole rings is 1. The minimum atomic E-state index is 0.575. The van der Waals surface area contributed by atoms with Crippen LogP contribution < -0.4 is 10.5 Å². The number of hydrogen-bond donors (Lipinski definition) is 1. The van der Waals surface area contributed by atoms with E-state index in [0.29, 0.717) is 12.6 Å². The Morgan fingerprint density at radius 2 is 2.11 bits per heavy atom. The van der Waals surface area contributed by atoms with Gasteiger partial charge in [-0.05, 0) is 25.0 Å². The van der Waals surface area contributed by atoms with Gasteiger partial charge in [0, 0.05) is 6.54 Å². The number of nitrogen functional groups attached to an aromatic ring is 1. The molecule has 0 saturated heterocycles. The molecule has 0 amide bonds. The summed E-state index contributed by atoms with van der Waals surface area (Å²) in [4.78, 5) is 4.43. The van der Waals surface area contributed by atoms with Gasteiger partial charge in [0.2, 0.25) is 5.95 Å². The first-order valence-electron chi connectivity index (χ1n) is 6.65. The van der Waals surface area contributed by atoms with Crippen LogP contribution in [0.3, 0.4) is 0 Å². The normalized spacial score (nSPS) is 11.0. The second kappa shape index (κ2) is 5.76. The van der Waals surface area contributed by atoms with Gasteiger partial charge in [0.1, 0.15) is 11.3 Å². The van der Waals surface area contributed by atoms with Gasteiger partial charge in [0.05, 0.1) is 12.1 Å². The van der Waals surface area contributed by atoms with E-state index in [2.05, 4.69) is 23.4 Å². The molecule has 0 bridgehead atoms. The summed E-state index contributed by atoms with van der Waals surface area (Å²) in [6.07, 6.45) is 3.24. The molecule has 4 nitrogen and oxygen atoms in total. The van der Waals surface area contributed by atoms with Crippen molar-refractivity contribution in [2.24, 2.45) is 0 Å². The Balaban J connectivity index is 2.39. The lowest BCUT2D eigenvalue weighted by atomic mass is 10.2. The molecule has 4 heteroatoms. The van der Waals surface area contributed by atoms with Gasteiger partial charge in [-0.15, -0.1) is 0 Å². The van der Waals surface area contributed by atoms with E-state index in [-0.39, 0.29) is 0 Å². The molecule has 0 aliphatic heterocycles. The number of hydrogen-bond acceptors (Lipinski definition) is 3. The van der Waals surface area contributed by atoms with Crippen LogP contribution in [0.5, 0.6) is 5.75 Å². The van der Waals surface area contributed by atoms with Crippen LogP contribution in [0.25, 0.3) is 11.0 Å². The quantitative estimate of drug-likeness (QED) is 0.852. The molecule has 0 aliphatic carbocycles. The number of para-hydroxylation sites is 1. The van der Waals surface area contributed by atoms with Crippen molar-refractivity contribution >= 4 is 17.0 Å². The smallest absolute Gasteiger partial charge is 0.201 e. The SMILES string of the molecule is CCCCn1c(N)nc2c(OCCC)cccc21. The van der Waals surface area contributed by atoms with Crippen LogP contribution in [-0.2, 0) is 6.54 Å². The first-order chi connectivity index (χ1) is 8.77. The Kier molecular flexibility index (Phi) is 4.07. The van der Waals surface area contributed by atoms with Gasteiger partial charge < -0.3 is 15.0 Å². The summed E-state index contributed by atoms with van der Waals surface area (Å²) in [6.45, 7) is 5.89. The monoisotopic (exact) mass is 247 g/mol. The summed E-state index contributed by atoms with van der Waals surface area (Å²) >= 11 is 0. The van der Waals surface area contributed by atoms with Crippen molar-refractivity contribution in [1.82, 2.24) is 9.55 Å². The van der Waals surface area contributed by atoms with Crippen molar-refractivity contribution in [2.45, 2.75) is 39.7 Å². The molecule has 0 unspecified atom stereocenters. The van der Waals surface area contributed by atoms with E-state index >= 15 is 0 Å². The summed E-state index contributed by atoms with van der Waals surface area (Å²) in [5, 5.41) is 0. The predicted molar refractivity (Wildman–Crippen MR) is 74.8 cm³/mol. The zero-order chi connectivity index (χ0) is 13.0. The van der Waals surface area contributed by atoms with Crippen molar-refractivity contribution in [2.75, 3.05) is 12.3 Å². The van der Waals surface area contributed by atoms with Crippen LogP contribution in [0, 0.1) is 0 Å². The number of ether oxygens (including phenoxy) is 1. The summed E-state index contributed by atoms with van der Waals surface area (Å²) in [5.41, 5.74) is 7.93. The lowest BCUT2D eigenvalue weighted by molar-refractivity contribution is 0.320. The number of aromatic nitrogens is 2. The molecule has 2 N–H and O–H groups in total. The molecule has 2 rings (SSSR count). The number of fused-ring (bicyclic) bond motifs is 1. The van der Waals surface area contributed by atoms with Crippen LogP contribution in [0.1, 0.15) is 33.1 Å². The molecule has 0 fully saturated rings. The third kappa shape index (κ3) is 2.42. The molecule has 0 saturated carbocycles. The van der Waals surface area contributed by atoms with Gasteiger partial charge >= 0.3 is 0 Å². The average molecular weight is 247 g/mol. The number of rotatable bonds is 6. The Labute approximate surface area is 108 Å². The van der Waals surface area contributed by atoms with Crippen molar-refractivity contribution in [3.8, 4) is 5.75 Å². The number of unbranched alkanes of at least 4 members (excludes halogenated alkanes) is 1. The van der Waals surface area contributed by atoms with Crippen molar-refractivity contribution in [3.63, 3.8) is 0 Å². The Morgan fingerprint density at radius 3 is 2.83 bits per heavy atom. The second-order valence-electron chi connectivity index (χ2n) is 4.45. The van der Waals surface area contributed by atoms with Crippen molar-refractivity contribution in [1.29, 1.82) is 0 Å². The highest BCUT2D eigenvalue weighted by molar-refractivity contribution is 5.84. The molecule has 1 aromatic carbocycles. The fourth-order valence-corrected chi connectivity index (χ4v) is 2.02. The van der Waals surface area contributed by atoms with Gasteiger partial charge in [-0.1, -0.05) is 26.3 Å². The van der Waals surface area contributed by atoms with Gasteiger partial charge in [0.25, 0.3) is 0 Å².